The number of nitrogens with one attached hydrogen (secondary N) is 3. The highest BCUT2D eigenvalue weighted by molar-refractivity contribution is 5.89. The molecule has 7 heteroatoms. The van der Waals surface area contributed by atoms with E-state index in [1.165, 1.54) is 0 Å². The molecule has 1 saturated carbocycles. The lowest BCUT2D eigenvalue weighted by atomic mass is 10.4. The van der Waals surface area contributed by atoms with Crippen LogP contribution in [0.3, 0.4) is 0 Å². The van der Waals surface area contributed by atoms with Crippen LogP contribution >= 0.6 is 0 Å². The quantitative estimate of drug-likeness (QED) is 0.734. The Balaban J connectivity index is 1.37. The number of nitrogens with zero attached hydrogens (tertiary/aromatic N) is 2. The Hall–Kier alpha value is -1.86. The van der Waals surface area contributed by atoms with Crippen LogP contribution < -0.4 is 16.0 Å². The van der Waals surface area contributed by atoms with E-state index in [0.29, 0.717) is 11.7 Å². The van der Waals surface area contributed by atoms with Crippen LogP contribution in [0.2, 0.25) is 0 Å². The largest absolute Gasteiger partial charge is 0.379 e. The average molecular weight is 305 g/mol. The molecule has 3 N–H and O–H groups in total. The summed E-state index contributed by atoms with van der Waals surface area (Å²) < 4.78 is 5.32. The molecule has 0 spiro atoms. The normalized spacial score (nSPS) is 18.7. The molecule has 2 heterocycles. The van der Waals surface area contributed by atoms with Crippen molar-refractivity contribution in [2.45, 2.75) is 18.9 Å². The van der Waals surface area contributed by atoms with E-state index < -0.39 is 0 Å². The van der Waals surface area contributed by atoms with Gasteiger partial charge in [0.25, 0.3) is 0 Å². The van der Waals surface area contributed by atoms with Crippen molar-refractivity contribution in [3.8, 4) is 0 Å². The molecule has 1 aromatic rings. The van der Waals surface area contributed by atoms with E-state index in [9.17, 15) is 4.79 Å². The predicted octanol–water partition coefficient (Wildman–Crippen LogP) is 1.11. The Morgan fingerprint density at radius 1 is 1.32 bits per heavy atom. The maximum Gasteiger partial charge on any atom is 0.319 e. The Morgan fingerprint density at radius 2 is 2.14 bits per heavy atom. The standard InChI is InChI=1S/C15H23N5O2/c21-15(18-12-1-2-12)19-13-3-4-14(17-11-13)16-5-6-20-7-9-22-10-8-20/h3-4,11-12H,1-2,5-10H2,(H,16,17)(H2,18,19,21). The van der Waals surface area contributed by atoms with Gasteiger partial charge in [0.15, 0.2) is 0 Å². The van der Waals surface area contributed by atoms with Crippen molar-refractivity contribution in [2.75, 3.05) is 50.0 Å². The third-order valence-corrected chi connectivity index (χ3v) is 3.77. The van der Waals surface area contributed by atoms with Crippen molar-refractivity contribution < 1.29 is 9.53 Å². The van der Waals surface area contributed by atoms with Gasteiger partial charge >= 0.3 is 6.03 Å². The molecule has 0 unspecified atom stereocenters. The number of rotatable bonds is 6. The second kappa shape index (κ2) is 7.42. The molecule has 2 aliphatic rings. The molecule has 0 bridgehead atoms. The van der Waals surface area contributed by atoms with Crippen molar-refractivity contribution in [1.82, 2.24) is 15.2 Å². The summed E-state index contributed by atoms with van der Waals surface area (Å²) in [4.78, 5) is 18.3. The topological polar surface area (TPSA) is 78.5 Å². The van der Waals surface area contributed by atoms with Gasteiger partial charge in [-0.15, -0.1) is 0 Å². The van der Waals surface area contributed by atoms with Crippen LogP contribution in [0.15, 0.2) is 18.3 Å². The highest BCUT2D eigenvalue weighted by atomic mass is 16.5. The van der Waals surface area contributed by atoms with Gasteiger partial charge < -0.3 is 20.7 Å². The molecular weight excluding hydrogens is 282 g/mol. The number of hydrogen-bond acceptors (Lipinski definition) is 5. The minimum absolute atomic E-state index is 0.155. The fourth-order valence-corrected chi connectivity index (χ4v) is 2.32. The molecule has 7 nitrogen and oxygen atoms in total. The highest BCUT2D eigenvalue weighted by Crippen LogP contribution is 2.18. The van der Waals surface area contributed by atoms with Crippen molar-refractivity contribution in [1.29, 1.82) is 0 Å². The number of carbonyl (C=O) groups excluding carboxylic acids is 1. The van der Waals surface area contributed by atoms with Gasteiger partial charge in [0.05, 0.1) is 25.1 Å². The van der Waals surface area contributed by atoms with Gasteiger partial charge in [-0.25, -0.2) is 9.78 Å². The molecule has 2 fully saturated rings. The van der Waals surface area contributed by atoms with Gasteiger partial charge in [0.1, 0.15) is 5.82 Å². The first-order valence-corrected chi connectivity index (χ1v) is 7.87. The number of aromatic nitrogens is 1. The predicted molar refractivity (Wildman–Crippen MR) is 85.2 cm³/mol. The Bertz CT molecular complexity index is 483. The first-order chi connectivity index (χ1) is 10.8. The number of anilines is 2. The lowest BCUT2D eigenvalue weighted by Gasteiger charge is -2.26. The monoisotopic (exact) mass is 305 g/mol. The first-order valence-electron chi connectivity index (χ1n) is 7.87. The number of urea groups is 1. The molecule has 0 radical (unpaired) electrons. The van der Waals surface area contributed by atoms with E-state index in [1.54, 1.807) is 6.20 Å². The fraction of sp³-hybridized carbons (Fsp3) is 0.600. The molecular formula is C15H23N5O2. The van der Waals surface area contributed by atoms with E-state index in [2.05, 4.69) is 25.8 Å². The summed E-state index contributed by atoms with van der Waals surface area (Å²) in [7, 11) is 0. The molecule has 3 rings (SSSR count). The maximum atomic E-state index is 11.6. The van der Waals surface area contributed by atoms with Crippen LogP contribution in [0.5, 0.6) is 0 Å². The van der Waals surface area contributed by atoms with Crippen LogP contribution in [-0.2, 0) is 4.74 Å². The van der Waals surface area contributed by atoms with Crippen molar-refractivity contribution in [3.63, 3.8) is 0 Å². The highest BCUT2D eigenvalue weighted by Gasteiger charge is 2.23. The van der Waals surface area contributed by atoms with Crippen molar-refractivity contribution in [3.05, 3.63) is 18.3 Å². The number of morpholine rings is 1. The zero-order chi connectivity index (χ0) is 15.2. The Labute approximate surface area is 130 Å². The van der Waals surface area contributed by atoms with Crippen LogP contribution in [0.1, 0.15) is 12.8 Å². The van der Waals surface area contributed by atoms with E-state index >= 15 is 0 Å². The van der Waals surface area contributed by atoms with Crippen LogP contribution in [-0.4, -0.2) is 61.3 Å². The third kappa shape index (κ3) is 4.85. The minimum Gasteiger partial charge on any atom is -0.379 e. The smallest absolute Gasteiger partial charge is 0.319 e. The van der Waals surface area contributed by atoms with E-state index in [0.717, 1.165) is 58.1 Å². The summed E-state index contributed by atoms with van der Waals surface area (Å²) in [5.74, 6) is 0.821. The molecule has 1 aliphatic heterocycles. The molecule has 0 aromatic carbocycles. The van der Waals surface area contributed by atoms with Gasteiger partial charge in [0, 0.05) is 32.2 Å². The van der Waals surface area contributed by atoms with Crippen molar-refractivity contribution >= 4 is 17.5 Å². The molecule has 0 atom stereocenters. The molecule has 1 saturated heterocycles. The van der Waals surface area contributed by atoms with Gasteiger partial charge in [-0.05, 0) is 25.0 Å². The van der Waals surface area contributed by atoms with Crippen molar-refractivity contribution in [2.24, 2.45) is 0 Å². The van der Waals surface area contributed by atoms with E-state index in [-0.39, 0.29) is 6.03 Å². The lowest BCUT2D eigenvalue weighted by Crippen LogP contribution is -2.39. The average Bonchev–Trinajstić information content (AvgIpc) is 3.34. The summed E-state index contributed by atoms with van der Waals surface area (Å²) in [6, 6.07) is 3.94. The molecule has 2 amide bonds. The van der Waals surface area contributed by atoms with Crippen LogP contribution in [0, 0.1) is 0 Å². The molecule has 22 heavy (non-hydrogen) atoms. The molecule has 120 valence electrons. The van der Waals surface area contributed by atoms with Crippen LogP contribution in [0.25, 0.3) is 0 Å². The number of ether oxygens (including phenoxy) is 1. The van der Waals surface area contributed by atoms with E-state index in [1.807, 2.05) is 12.1 Å². The van der Waals surface area contributed by atoms with E-state index in [4.69, 9.17) is 4.74 Å². The summed E-state index contributed by atoms with van der Waals surface area (Å²) in [6.45, 7) is 5.46. The Morgan fingerprint density at radius 3 is 2.82 bits per heavy atom. The molecule has 1 aliphatic carbocycles. The Kier molecular flexibility index (Phi) is 5.07. The summed E-state index contributed by atoms with van der Waals surface area (Å²) in [5.41, 5.74) is 0.705. The van der Waals surface area contributed by atoms with Gasteiger partial charge in [-0.2, -0.15) is 0 Å². The lowest BCUT2D eigenvalue weighted by molar-refractivity contribution is 0.0398. The van der Waals surface area contributed by atoms with Gasteiger partial charge in [-0.1, -0.05) is 0 Å². The summed E-state index contributed by atoms with van der Waals surface area (Å²) in [6.07, 6.45) is 3.83. The summed E-state index contributed by atoms with van der Waals surface area (Å²) in [5, 5.41) is 8.96. The number of carbonyl (C=O) groups is 1. The fourth-order valence-electron chi connectivity index (χ4n) is 2.32. The molecule has 1 aromatic heterocycles. The first kappa shape index (κ1) is 15.1. The van der Waals surface area contributed by atoms with Gasteiger partial charge in [0.2, 0.25) is 0 Å². The maximum absolute atomic E-state index is 11.6. The number of hydrogen-bond donors (Lipinski definition) is 3. The second-order valence-corrected chi connectivity index (χ2v) is 5.69. The third-order valence-electron chi connectivity index (χ3n) is 3.77. The zero-order valence-corrected chi connectivity index (χ0v) is 12.7. The SMILES string of the molecule is O=C(Nc1ccc(NCCN2CCOCC2)nc1)NC1CC1. The summed E-state index contributed by atoms with van der Waals surface area (Å²) >= 11 is 0. The number of amides is 2. The van der Waals surface area contributed by atoms with Crippen LogP contribution in [0.4, 0.5) is 16.3 Å². The van der Waals surface area contributed by atoms with Gasteiger partial charge in [-0.3, -0.25) is 4.90 Å². The minimum atomic E-state index is -0.155. The number of pyridine rings is 1. The second-order valence-electron chi connectivity index (χ2n) is 5.69. The zero-order valence-electron chi connectivity index (χ0n) is 12.7.